The molecule has 1 aromatic heterocycles. The molecule has 0 aromatic carbocycles. The summed E-state index contributed by atoms with van der Waals surface area (Å²) in [4.78, 5) is 16.9. The molecule has 2 aliphatic rings. The van der Waals surface area contributed by atoms with Crippen LogP contribution in [0.25, 0.3) is 0 Å². The van der Waals surface area contributed by atoms with Crippen molar-refractivity contribution in [1.29, 1.82) is 0 Å². The Kier molecular flexibility index (Phi) is 4.06. The summed E-state index contributed by atoms with van der Waals surface area (Å²) in [5, 5.41) is 9.40. The van der Waals surface area contributed by atoms with E-state index in [0.29, 0.717) is 17.8 Å². The number of hydrogen-bond donors (Lipinski definition) is 3. The molecule has 0 spiro atoms. The Hall–Kier alpha value is -0.890. The zero-order chi connectivity index (χ0) is 11.8. The molecule has 1 saturated heterocycles. The molecule has 0 aliphatic carbocycles. The number of aromatic nitrogens is 1. The summed E-state index contributed by atoms with van der Waals surface area (Å²) in [6, 6.07) is 0.356. The van der Waals surface area contributed by atoms with Gasteiger partial charge in [0.25, 0.3) is 0 Å². The summed E-state index contributed by atoms with van der Waals surface area (Å²) in [5.74, 6) is 0. The van der Waals surface area contributed by atoms with Gasteiger partial charge in [-0.3, -0.25) is 5.32 Å². The standard InChI is InChI=1S/C10H14N4O2S.ClH/c1-11-9(15)14-10-13-6-2-5-3-16-4-7(12-5)8(6)17-10;/h5,7,12H,2-4H2,1H3,(H2,11,13,14,15);1H/t5-,7-;/m0./s1. The van der Waals surface area contributed by atoms with Crippen molar-refractivity contribution in [2.75, 3.05) is 25.6 Å². The third-order valence-electron chi connectivity index (χ3n) is 2.97. The number of urea groups is 1. The molecule has 100 valence electrons. The zero-order valence-electron chi connectivity index (χ0n) is 9.86. The first-order valence-corrected chi connectivity index (χ1v) is 6.40. The summed E-state index contributed by atoms with van der Waals surface area (Å²) in [5.41, 5.74) is 1.10. The van der Waals surface area contributed by atoms with Crippen LogP contribution in [0.3, 0.4) is 0 Å². The van der Waals surface area contributed by atoms with Crippen LogP contribution in [0, 0.1) is 0 Å². The van der Waals surface area contributed by atoms with Crippen LogP contribution in [0.4, 0.5) is 9.93 Å². The van der Waals surface area contributed by atoms with E-state index in [-0.39, 0.29) is 24.5 Å². The molecule has 3 heterocycles. The molecule has 0 radical (unpaired) electrons. The van der Waals surface area contributed by atoms with Gasteiger partial charge in [0.05, 0.1) is 24.9 Å². The SMILES string of the molecule is CNC(=O)Nc1nc2c(s1)[C@@H]1COC[C@H](C2)N1.Cl. The van der Waals surface area contributed by atoms with E-state index in [2.05, 4.69) is 20.9 Å². The van der Waals surface area contributed by atoms with Crippen LogP contribution >= 0.6 is 23.7 Å². The molecule has 1 fully saturated rings. The van der Waals surface area contributed by atoms with Crippen LogP contribution < -0.4 is 16.0 Å². The first kappa shape index (κ1) is 13.5. The number of fused-ring (bicyclic) bond motifs is 4. The number of hydrogen-bond acceptors (Lipinski definition) is 5. The topological polar surface area (TPSA) is 75.3 Å². The minimum Gasteiger partial charge on any atom is -0.378 e. The van der Waals surface area contributed by atoms with Crippen LogP contribution in [0.1, 0.15) is 16.6 Å². The molecule has 3 N–H and O–H groups in total. The molecule has 8 heteroatoms. The molecule has 6 nitrogen and oxygen atoms in total. The predicted octanol–water partition coefficient (Wildman–Crippen LogP) is 0.902. The van der Waals surface area contributed by atoms with Gasteiger partial charge in [0.15, 0.2) is 5.13 Å². The minimum absolute atomic E-state index is 0. The highest BCUT2D eigenvalue weighted by molar-refractivity contribution is 7.16. The van der Waals surface area contributed by atoms with E-state index in [9.17, 15) is 4.79 Å². The minimum atomic E-state index is -0.233. The summed E-state index contributed by atoms with van der Waals surface area (Å²) in [7, 11) is 1.59. The van der Waals surface area contributed by atoms with E-state index in [4.69, 9.17) is 4.74 Å². The van der Waals surface area contributed by atoms with Crippen LogP contribution in [-0.4, -0.2) is 37.3 Å². The fourth-order valence-electron chi connectivity index (χ4n) is 2.21. The molecule has 1 aromatic rings. The molecule has 2 bridgehead atoms. The van der Waals surface area contributed by atoms with E-state index >= 15 is 0 Å². The maximum Gasteiger partial charge on any atom is 0.320 e. The highest BCUT2D eigenvalue weighted by atomic mass is 35.5. The monoisotopic (exact) mass is 290 g/mol. The number of thiazole rings is 1. The number of nitrogens with one attached hydrogen (secondary N) is 3. The smallest absolute Gasteiger partial charge is 0.320 e. The molecular formula is C10H15ClN4O2S. The Labute approximate surface area is 115 Å². The first-order valence-electron chi connectivity index (χ1n) is 5.58. The Balaban J connectivity index is 0.00000120. The third-order valence-corrected chi connectivity index (χ3v) is 4.10. The van der Waals surface area contributed by atoms with Crippen molar-refractivity contribution < 1.29 is 9.53 Å². The van der Waals surface area contributed by atoms with E-state index < -0.39 is 0 Å². The van der Waals surface area contributed by atoms with E-state index in [0.717, 1.165) is 18.7 Å². The Bertz CT molecular complexity index is 453. The van der Waals surface area contributed by atoms with Gasteiger partial charge < -0.3 is 15.4 Å². The number of nitrogens with zero attached hydrogens (tertiary/aromatic N) is 1. The zero-order valence-corrected chi connectivity index (χ0v) is 11.5. The van der Waals surface area contributed by atoms with Gasteiger partial charge in [0, 0.05) is 24.4 Å². The molecule has 3 rings (SSSR count). The Morgan fingerprint density at radius 1 is 1.56 bits per heavy atom. The average molecular weight is 291 g/mol. The van der Waals surface area contributed by atoms with Crippen LogP contribution in [0.2, 0.25) is 0 Å². The fraction of sp³-hybridized carbons (Fsp3) is 0.600. The number of halogens is 1. The fourth-order valence-corrected chi connectivity index (χ4v) is 3.24. The number of anilines is 1. The summed E-state index contributed by atoms with van der Waals surface area (Å²) < 4.78 is 5.52. The van der Waals surface area contributed by atoms with E-state index in [1.165, 1.54) is 16.2 Å². The molecule has 0 saturated carbocycles. The number of rotatable bonds is 1. The van der Waals surface area contributed by atoms with Crippen molar-refractivity contribution in [3.8, 4) is 0 Å². The van der Waals surface area contributed by atoms with Crippen molar-refractivity contribution in [3.63, 3.8) is 0 Å². The average Bonchev–Trinajstić information content (AvgIpc) is 2.72. The number of morpholine rings is 1. The van der Waals surface area contributed by atoms with Crippen LogP contribution in [0.5, 0.6) is 0 Å². The van der Waals surface area contributed by atoms with Crippen molar-refractivity contribution >= 4 is 34.9 Å². The molecule has 2 amide bonds. The van der Waals surface area contributed by atoms with Gasteiger partial charge in [-0.25, -0.2) is 9.78 Å². The normalized spacial score (nSPS) is 24.7. The summed E-state index contributed by atoms with van der Waals surface area (Å²) in [6.07, 6.45) is 0.873. The molecule has 2 aliphatic heterocycles. The lowest BCUT2D eigenvalue weighted by Gasteiger charge is -2.34. The second-order valence-electron chi connectivity index (χ2n) is 4.19. The number of amides is 2. The van der Waals surface area contributed by atoms with Gasteiger partial charge in [-0.2, -0.15) is 0 Å². The lowest BCUT2D eigenvalue weighted by molar-refractivity contribution is 0.0395. The third kappa shape index (κ3) is 2.44. The summed E-state index contributed by atoms with van der Waals surface area (Å²) in [6.45, 7) is 1.43. The quantitative estimate of drug-likeness (QED) is 0.718. The maximum atomic E-state index is 11.2. The largest absolute Gasteiger partial charge is 0.378 e. The molecule has 0 unspecified atom stereocenters. The van der Waals surface area contributed by atoms with Crippen molar-refractivity contribution in [2.45, 2.75) is 18.5 Å². The van der Waals surface area contributed by atoms with Crippen molar-refractivity contribution in [3.05, 3.63) is 10.6 Å². The highest BCUT2D eigenvalue weighted by Crippen LogP contribution is 2.35. The van der Waals surface area contributed by atoms with Gasteiger partial charge in [0.2, 0.25) is 0 Å². The molecule has 18 heavy (non-hydrogen) atoms. The van der Waals surface area contributed by atoms with Gasteiger partial charge >= 0.3 is 6.03 Å². The van der Waals surface area contributed by atoms with Gasteiger partial charge in [-0.1, -0.05) is 11.3 Å². The van der Waals surface area contributed by atoms with E-state index in [1.807, 2.05) is 0 Å². The number of carbonyl (C=O) groups excluding carboxylic acids is 1. The second kappa shape index (κ2) is 5.40. The number of ether oxygens (including phenoxy) is 1. The van der Waals surface area contributed by atoms with Gasteiger partial charge in [-0.05, 0) is 0 Å². The maximum absolute atomic E-state index is 11.2. The lowest BCUT2D eigenvalue weighted by Crippen LogP contribution is -2.48. The lowest BCUT2D eigenvalue weighted by atomic mass is 10.0. The van der Waals surface area contributed by atoms with Gasteiger partial charge in [0.1, 0.15) is 0 Å². The van der Waals surface area contributed by atoms with Crippen molar-refractivity contribution in [1.82, 2.24) is 15.6 Å². The predicted molar refractivity (Wildman–Crippen MR) is 71.6 cm³/mol. The van der Waals surface area contributed by atoms with Crippen molar-refractivity contribution in [2.24, 2.45) is 0 Å². The van der Waals surface area contributed by atoms with Gasteiger partial charge in [-0.15, -0.1) is 12.4 Å². The summed E-state index contributed by atoms with van der Waals surface area (Å²) >= 11 is 1.52. The Morgan fingerprint density at radius 2 is 2.39 bits per heavy atom. The van der Waals surface area contributed by atoms with E-state index in [1.54, 1.807) is 7.05 Å². The number of carbonyl (C=O) groups is 1. The first-order chi connectivity index (χ1) is 8.26. The highest BCUT2D eigenvalue weighted by Gasteiger charge is 2.33. The second-order valence-corrected chi connectivity index (χ2v) is 5.22. The molecular weight excluding hydrogens is 276 g/mol. The molecule has 2 atom stereocenters. The van der Waals surface area contributed by atoms with Crippen LogP contribution in [0.15, 0.2) is 0 Å². The van der Waals surface area contributed by atoms with Crippen LogP contribution in [-0.2, 0) is 11.2 Å². The Morgan fingerprint density at radius 3 is 3.17 bits per heavy atom.